The molecule has 3 N–H and O–H groups in total. The molecule has 2 heterocycles. The first-order chi connectivity index (χ1) is 17.7. The Hall–Kier alpha value is -3.72. The average Bonchev–Trinajstić information content (AvgIpc) is 3.50. The summed E-state index contributed by atoms with van der Waals surface area (Å²) in [6.45, 7) is 0.700. The molecule has 2 aliphatic heterocycles. The lowest BCUT2D eigenvalue weighted by Crippen LogP contribution is -2.51. The van der Waals surface area contributed by atoms with E-state index in [2.05, 4.69) is 10.6 Å². The lowest BCUT2D eigenvalue weighted by atomic mass is 9.95. The predicted molar refractivity (Wildman–Crippen MR) is 135 cm³/mol. The first-order valence-electron chi connectivity index (χ1n) is 12.0. The predicted octanol–water partition coefficient (Wildman–Crippen LogP) is 2.97. The third-order valence-corrected chi connectivity index (χ3v) is 7.06. The van der Waals surface area contributed by atoms with Gasteiger partial charge in [0.1, 0.15) is 17.9 Å². The van der Waals surface area contributed by atoms with Crippen LogP contribution in [0, 0.1) is 11.7 Å². The highest BCUT2D eigenvalue weighted by Crippen LogP contribution is 2.32. The number of likely N-dealkylation sites (tertiary alicyclic amines) is 1. The number of aliphatic carboxylic acids is 1. The number of carbonyl (C=O) groups excluding carboxylic acids is 3. The first kappa shape index (κ1) is 26.3. The van der Waals surface area contributed by atoms with Crippen molar-refractivity contribution in [1.29, 1.82) is 0 Å². The van der Waals surface area contributed by atoms with Gasteiger partial charge in [0.25, 0.3) is 0 Å². The van der Waals surface area contributed by atoms with Gasteiger partial charge in [0.2, 0.25) is 17.7 Å². The molecule has 2 fully saturated rings. The van der Waals surface area contributed by atoms with Crippen molar-refractivity contribution in [3.05, 3.63) is 76.6 Å². The number of benzene rings is 2. The zero-order valence-corrected chi connectivity index (χ0v) is 20.7. The smallest absolute Gasteiger partial charge is 0.326 e. The molecule has 2 aromatic carbocycles. The van der Waals surface area contributed by atoms with Crippen molar-refractivity contribution in [2.24, 2.45) is 5.92 Å². The fraction of sp³-hybridized carbons (Fsp3) is 0.333. The van der Waals surface area contributed by atoms with Crippen molar-refractivity contribution in [2.45, 2.75) is 37.3 Å². The van der Waals surface area contributed by atoms with Crippen LogP contribution in [0.2, 0.25) is 5.02 Å². The van der Waals surface area contributed by atoms with Gasteiger partial charge < -0.3 is 20.6 Å². The summed E-state index contributed by atoms with van der Waals surface area (Å²) >= 11 is 5.79. The lowest BCUT2D eigenvalue weighted by Gasteiger charge is -2.25. The Morgan fingerprint density at radius 2 is 1.97 bits per heavy atom. The molecule has 194 valence electrons. The van der Waals surface area contributed by atoms with E-state index in [1.807, 2.05) is 30.3 Å². The number of amides is 3. The molecule has 10 heteroatoms. The molecular formula is C27H27ClFN3O5. The molecular weight excluding hydrogens is 501 g/mol. The minimum atomic E-state index is -1.27. The van der Waals surface area contributed by atoms with E-state index in [0.29, 0.717) is 19.4 Å². The van der Waals surface area contributed by atoms with Crippen molar-refractivity contribution in [2.75, 3.05) is 13.1 Å². The third-order valence-electron chi connectivity index (χ3n) is 6.82. The van der Waals surface area contributed by atoms with Crippen LogP contribution in [0.15, 0.2) is 54.6 Å². The second-order valence-corrected chi connectivity index (χ2v) is 9.70. The van der Waals surface area contributed by atoms with E-state index in [1.165, 1.54) is 29.2 Å². The molecule has 0 radical (unpaired) electrons. The van der Waals surface area contributed by atoms with Crippen LogP contribution in [0.1, 0.15) is 36.3 Å². The van der Waals surface area contributed by atoms with E-state index in [-0.39, 0.29) is 35.4 Å². The molecule has 2 aliphatic rings. The standard InChI is InChI=1S/C27H27ClFN3O5/c28-20-8-6-17(21(29)14-20)7-9-24(33)32-15-19(16-4-2-1-3-5-16)13-23(32)26(35)31-22(27(36)37)12-18-10-11-30-25(18)34/h1-9,14,18-19,22-23H,10-13,15H2,(H,30,34)(H,31,35)(H,36,37)/b9-7+/t18-,19+,22-,23-/m0/s1. The minimum Gasteiger partial charge on any atom is -0.480 e. The number of nitrogens with zero attached hydrogens (tertiary/aromatic N) is 1. The van der Waals surface area contributed by atoms with Crippen molar-refractivity contribution in [3.8, 4) is 0 Å². The number of halogens is 2. The second kappa shape index (κ2) is 11.6. The molecule has 0 aliphatic carbocycles. The van der Waals surface area contributed by atoms with Gasteiger partial charge in [-0.15, -0.1) is 0 Å². The van der Waals surface area contributed by atoms with Gasteiger partial charge >= 0.3 is 5.97 Å². The Bertz CT molecular complexity index is 1220. The highest BCUT2D eigenvalue weighted by Gasteiger charge is 2.41. The molecule has 0 bridgehead atoms. The lowest BCUT2D eigenvalue weighted by molar-refractivity contribution is -0.144. The van der Waals surface area contributed by atoms with Gasteiger partial charge in [-0.3, -0.25) is 14.4 Å². The van der Waals surface area contributed by atoms with Crippen molar-refractivity contribution in [1.82, 2.24) is 15.5 Å². The molecule has 2 saturated heterocycles. The van der Waals surface area contributed by atoms with Crippen molar-refractivity contribution in [3.63, 3.8) is 0 Å². The maximum Gasteiger partial charge on any atom is 0.326 e. The van der Waals surface area contributed by atoms with Crippen molar-refractivity contribution >= 4 is 41.4 Å². The van der Waals surface area contributed by atoms with Crippen LogP contribution in [0.3, 0.4) is 0 Å². The van der Waals surface area contributed by atoms with E-state index in [9.17, 15) is 28.7 Å². The number of hydrogen-bond acceptors (Lipinski definition) is 4. The molecule has 4 atom stereocenters. The van der Waals surface area contributed by atoms with Crippen LogP contribution < -0.4 is 10.6 Å². The number of carboxylic acids is 1. The Labute approximate surface area is 218 Å². The second-order valence-electron chi connectivity index (χ2n) is 9.26. The summed E-state index contributed by atoms with van der Waals surface area (Å²) in [5.74, 6) is -3.83. The van der Waals surface area contributed by atoms with E-state index in [1.54, 1.807) is 0 Å². The first-order valence-corrected chi connectivity index (χ1v) is 12.4. The van der Waals surface area contributed by atoms with Crippen molar-refractivity contribution < 1.29 is 28.7 Å². The topological polar surface area (TPSA) is 116 Å². The summed E-state index contributed by atoms with van der Waals surface area (Å²) in [4.78, 5) is 51.7. The van der Waals surface area contributed by atoms with Gasteiger partial charge in [-0.05, 0) is 43.0 Å². The summed E-state index contributed by atoms with van der Waals surface area (Å²) in [7, 11) is 0. The SMILES string of the molecule is O=C1NCC[C@H]1C[C@H](NC(=O)[C@@H]1C[C@@H](c2ccccc2)CN1C(=O)/C=C/c1ccc(Cl)cc1F)C(=O)O. The van der Waals surface area contributed by atoms with Gasteiger partial charge in [0, 0.05) is 41.6 Å². The molecule has 0 unspecified atom stereocenters. The maximum absolute atomic E-state index is 14.2. The van der Waals surface area contributed by atoms with E-state index >= 15 is 0 Å². The highest BCUT2D eigenvalue weighted by atomic mass is 35.5. The number of carbonyl (C=O) groups is 4. The van der Waals surface area contributed by atoms with Crippen LogP contribution >= 0.6 is 11.6 Å². The summed E-state index contributed by atoms with van der Waals surface area (Å²) in [5, 5.41) is 15.1. The van der Waals surface area contributed by atoms with Crippen LogP contribution in [-0.2, 0) is 19.2 Å². The minimum absolute atomic E-state index is 0.0363. The largest absolute Gasteiger partial charge is 0.480 e. The van der Waals surface area contributed by atoms with Crippen LogP contribution in [0.4, 0.5) is 4.39 Å². The number of carboxylic acid groups (broad SMARTS) is 1. The quantitative estimate of drug-likeness (QED) is 0.456. The Morgan fingerprint density at radius 1 is 1.22 bits per heavy atom. The Kier molecular flexibility index (Phi) is 8.23. The van der Waals surface area contributed by atoms with Gasteiger partial charge in [-0.2, -0.15) is 0 Å². The zero-order valence-electron chi connectivity index (χ0n) is 19.9. The summed E-state index contributed by atoms with van der Waals surface area (Å²) in [6.07, 6.45) is 3.26. The van der Waals surface area contributed by atoms with Gasteiger partial charge in [0.05, 0.1) is 0 Å². The molecule has 0 aromatic heterocycles. The van der Waals surface area contributed by atoms with E-state index in [4.69, 9.17) is 11.6 Å². The van der Waals surface area contributed by atoms with Gasteiger partial charge in [-0.1, -0.05) is 48.0 Å². The van der Waals surface area contributed by atoms with Crippen LogP contribution in [0.25, 0.3) is 6.08 Å². The number of hydrogen-bond donors (Lipinski definition) is 3. The summed E-state index contributed by atoms with van der Waals surface area (Å²) < 4.78 is 14.2. The zero-order chi connectivity index (χ0) is 26.5. The molecule has 8 nitrogen and oxygen atoms in total. The van der Waals surface area contributed by atoms with Gasteiger partial charge in [-0.25, -0.2) is 9.18 Å². The molecule has 37 heavy (non-hydrogen) atoms. The van der Waals surface area contributed by atoms with Crippen LogP contribution in [-0.4, -0.2) is 58.9 Å². The monoisotopic (exact) mass is 527 g/mol. The fourth-order valence-electron chi connectivity index (χ4n) is 4.83. The third kappa shape index (κ3) is 6.35. The number of nitrogens with one attached hydrogen (secondary N) is 2. The number of rotatable bonds is 8. The van der Waals surface area contributed by atoms with Gasteiger partial charge in [0.15, 0.2) is 0 Å². The highest BCUT2D eigenvalue weighted by molar-refractivity contribution is 6.30. The molecule has 2 aromatic rings. The molecule has 3 amide bonds. The Balaban J connectivity index is 1.53. The summed E-state index contributed by atoms with van der Waals surface area (Å²) in [6, 6.07) is 11.3. The molecule has 0 spiro atoms. The molecule has 4 rings (SSSR count). The normalized spacial score (nSPS) is 22.2. The average molecular weight is 528 g/mol. The summed E-state index contributed by atoms with van der Waals surface area (Å²) in [5.41, 5.74) is 1.11. The molecule has 0 saturated carbocycles. The maximum atomic E-state index is 14.2. The Morgan fingerprint density at radius 3 is 2.62 bits per heavy atom. The van der Waals surface area contributed by atoms with Crippen LogP contribution in [0.5, 0.6) is 0 Å². The fourth-order valence-corrected chi connectivity index (χ4v) is 4.99. The van der Waals surface area contributed by atoms with E-state index < -0.39 is 41.6 Å². The van der Waals surface area contributed by atoms with E-state index in [0.717, 1.165) is 11.6 Å².